The van der Waals surface area contributed by atoms with Crippen LogP contribution < -0.4 is 16.0 Å². The number of alkyl carbamates (subject to hydrolysis) is 1. The Morgan fingerprint density at radius 1 is 1.17 bits per heavy atom. The van der Waals surface area contributed by atoms with Crippen molar-refractivity contribution in [1.82, 2.24) is 16.0 Å². The van der Waals surface area contributed by atoms with Gasteiger partial charge in [0, 0.05) is 18.6 Å². The van der Waals surface area contributed by atoms with Crippen LogP contribution in [0.2, 0.25) is 0 Å². The van der Waals surface area contributed by atoms with E-state index in [0.29, 0.717) is 12.0 Å². The average molecular weight is 325 g/mol. The lowest BCUT2D eigenvalue weighted by Crippen LogP contribution is -2.71. The minimum Gasteiger partial charge on any atom is -0.444 e. The Labute approximate surface area is 139 Å². The van der Waals surface area contributed by atoms with Gasteiger partial charge in [-0.1, -0.05) is 0 Å². The molecule has 0 aromatic carbocycles. The summed E-state index contributed by atoms with van der Waals surface area (Å²) in [5.74, 6) is 0.420. The largest absolute Gasteiger partial charge is 0.444 e. The highest BCUT2D eigenvalue weighted by Crippen LogP contribution is 2.39. The zero-order valence-corrected chi connectivity index (χ0v) is 14.6. The molecule has 3 rings (SSSR count). The highest BCUT2D eigenvalue weighted by Gasteiger charge is 2.55. The number of amides is 1. The molecule has 0 aromatic heterocycles. The first-order valence-corrected chi connectivity index (χ1v) is 9.02. The van der Waals surface area contributed by atoms with Crippen molar-refractivity contribution in [2.75, 3.05) is 19.7 Å². The van der Waals surface area contributed by atoms with Crippen LogP contribution in [0.4, 0.5) is 4.79 Å². The minimum atomic E-state index is -0.463. The molecule has 23 heavy (non-hydrogen) atoms. The molecule has 5 unspecified atom stereocenters. The van der Waals surface area contributed by atoms with Gasteiger partial charge < -0.3 is 25.4 Å². The fraction of sp³-hybridized carbons (Fsp3) is 0.941. The maximum atomic E-state index is 12.1. The fourth-order valence-electron chi connectivity index (χ4n) is 4.00. The van der Waals surface area contributed by atoms with Gasteiger partial charge in [-0.25, -0.2) is 4.79 Å². The van der Waals surface area contributed by atoms with E-state index in [4.69, 9.17) is 9.47 Å². The van der Waals surface area contributed by atoms with Crippen LogP contribution in [-0.4, -0.2) is 55.6 Å². The van der Waals surface area contributed by atoms with Crippen LogP contribution in [0.25, 0.3) is 0 Å². The summed E-state index contributed by atoms with van der Waals surface area (Å²) in [6, 6.07) is 0.828. The van der Waals surface area contributed by atoms with Crippen molar-refractivity contribution < 1.29 is 14.3 Å². The van der Waals surface area contributed by atoms with E-state index in [2.05, 4.69) is 16.0 Å². The molecule has 3 aliphatic rings. The predicted molar refractivity (Wildman–Crippen MR) is 88.4 cm³/mol. The molecule has 5 atom stereocenters. The SMILES string of the molecule is CC(C)(C)OC(=O)NC1C2CCOC2C1NC1CCCNCC1. The van der Waals surface area contributed by atoms with E-state index in [0.717, 1.165) is 32.5 Å². The number of ether oxygens (including phenoxy) is 2. The van der Waals surface area contributed by atoms with Crippen molar-refractivity contribution in [2.45, 2.75) is 76.3 Å². The molecule has 2 heterocycles. The number of carbonyl (C=O) groups is 1. The van der Waals surface area contributed by atoms with Gasteiger partial charge in [0.2, 0.25) is 0 Å². The smallest absolute Gasteiger partial charge is 0.407 e. The minimum absolute atomic E-state index is 0.119. The van der Waals surface area contributed by atoms with Crippen LogP contribution in [0.15, 0.2) is 0 Å². The molecule has 6 nitrogen and oxygen atoms in total. The Kier molecular flexibility index (Phi) is 5.13. The monoisotopic (exact) mass is 325 g/mol. The van der Waals surface area contributed by atoms with Gasteiger partial charge in [-0.3, -0.25) is 0 Å². The third kappa shape index (κ3) is 4.17. The maximum absolute atomic E-state index is 12.1. The quantitative estimate of drug-likeness (QED) is 0.732. The van der Waals surface area contributed by atoms with Gasteiger partial charge in [-0.2, -0.15) is 0 Å². The van der Waals surface area contributed by atoms with Crippen LogP contribution in [0, 0.1) is 5.92 Å². The summed E-state index contributed by atoms with van der Waals surface area (Å²) in [4.78, 5) is 12.1. The van der Waals surface area contributed by atoms with Gasteiger partial charge in [-0.15, -0.1) is 0 Å². The Morgan fingerprint density at radius 2 is 2.00 bits per heavy atom. The first kappa shape index (κ1) is 17.0. The summed E-state index contributed by atoms with van der Waals surface area (Å²) in [5.41, 5.74) is -0.463. The number of fused-ring (bicyclic) bond motifs is 1. The highest BCUT2D eigenvalue weighted by molar-refractivity contribution is 5.68. The molecule has 1 saturated carbocycles. The van der Waals surface area contributed by atoms with Gasteiger partial charge in [0.1, 0.15) is 5.60 Å². The summed E-state index contributed by atoms with van der Waals surface area (Å²) < 4.78 is 11.3. The van der Waals surface area contributed by atoms with Gasteiger partial charge >= 0.3 is 6.09 Å². The van der Waals surface area contributed by atoms with Gasteiger partial charge in [0.05, 0.1) is 18.2 Å². The van der Waals surface area contributed by atoms with Crippen molar-refractivity contribution >= 4 is 6.09 Å². The Morgan fingerprint density at radius 3 is 2.78 bits per heavy atom. The van der Waals surface area contributed by atoms with E-state index in [-0.39, 0.29) is 24.3 Å². The number of hydrogen-bond acceptors (Lipinski definition) is 5. The van der Waals surface area contributed by atoms with E-state index in [1.165, 1.54) is 12.8 Å². The summed E-state index contributed by atoms with van der Waals surface area (Å²) in [7, 11) is 0. The zero-order chi connectivity index (χ0) is 16.4. The van der Waals surface area contributed by atoms with Crippen LogP contribution >= 0.6 is 0 Å². The van der Waals surface area contributed by atoms with Gasteiger partial charge in [0.25, 0.3) is 0 Å². The molecule has 3 fully saturated rings. The zero-order valence-electron chi connectivity index (χ0n) is 14.6. The van der Waals surface area contributed by atoms with Crippen molar-refractivity contribution in [3.63, 3.8) is 0 Å². The molecule has 2 saturated heterocycles. The van der Waals surface area contributed by atoms with Crippen LogP contribution in [-0.2, 0) is 9.47 Å². The molecule has 1 amide bonds. The van der Waals surface area contributed by atoms with Gasteiger partial charge in [0.15, 0.2) is 0 Å². The summed E-state index contributed by atoms with van der Waals surface area (Å²) >= 11 is 0. The third-order valence-electron chi connectivity index (χ3n) is 5.07. The lowest BCUT2D eigenvalue weighted by molar-refractivity contribution is -0.0381. The standard InChI is InChI=1S/C17H31N3O3/c1-17(2,3)23-16(21)20-13-12-7-10-22-15(12)14(13)19-11-5-4-8-18-9-6-11/h11-15,18-19H,4-10H2,1-3H3,(H,20,21). The number of carbonyl (C=O) groups excluding carboxylic acids is 1. The molecule has 0 radical (unpaired) electrons. The van der Waals surface area contributed by atoms with E-state index in [1.807, 2.05) is 20.8 Å². The summed E-state index contributed by atoms with van der Waals surface area (Å²) in [5, 5.41) is 10.3. The Bertz CT molecular complexity index is 416. The molecule has 0 bridgehead atoms. The number of rotatable bonds is 3. The number of hydrogen-bond donors (Lipinski definition) is 3. The Hall–Kier alpha value is -0.850. The van der Waals surface area contributed by atoms with E-state index in [1.54, 1.807) is 0 Å². The maximum Gasteiger partial charge on any atom is 0.407 e. The normalized spacial score (nSPS) is 37.4. The fourth-order valence-corrected chi connectivity index (χ4v) is 4.00. The van der Waals surface area contributed by atoms with E-state index < -0.39 is 5.60 Å². The molecule has 2 aliphatic heterocycles. The molecule has 0 aromatic rings. The summed E-state index contributed by atoms with van der Waals surface area (Å²) in [6.07, 6.45) is 4.46. The van der Waals surface area contributed by atoms with E-state index in [9.17, 15) is 4.79 Å². The first-order valence-electron chi connectivity index (χ1n) is 9.02. The average Bonchev–Trinajstić information content (AvgIpc) is 2.70. The molecule has 1 aliphatic carbocycles. The lowest BCUT2D eigenvalue weighted by atomic mass is 9.71. The van der Waals surface area contributed by atoms with Gasteiger partial charge in [-0.05, 0) is 59.5 Å². The van der Waals surface area contributed by atoms with Crippen LogP contribution in [0.1, 0.15) is 46.5 Å². The second-order valence-electron chi connectivity index (χ2n) is 8.03. The Balaban J connectivity index is 1.57. The van der Waals surface area contributed by atoms with Crippen molar-refractivity contribution in [3.8, 4) is 0 Å². The highest BCUT2D eigenvalue weighted by atomic mass is 16.6. The molecule has 0 spiro atoms. The molecule has 6 heteroatoms. The first-order chi connectivity index (χ1) is 10.9. The number of nitrogens with one attached hydrogen (secondary N) is 3. The second kappa shape index (κ2) is 6.95. The summed E-state index contributed by atoms with van der Waals surface area (Å²) in [6.45, 7) is 8.63. The van der Waals surface area contributed by atoms with E-state index >= 15 is 0 Å². The van der Waals surface area contributed by atoms with Crippen molar-refractivity contribution in [3.05, 3.63) is 0 Å². The second-order valence-corrected chi connectivity index (χ2v) is 8.03. The molecule has 132 valence electrons. The molecular formula is C17H31N3O3. The van der Waals surface area contributed by atoms with Crippen LogP contribution in [0.3, 0.4) is 0 Å². The third-order valence-corrected chi connectivity index (χ3v) is 5.07. The predicted octanol–water partition coefficient (Wildman–Crippen LogP) is 1.40. The van der Waals surface area contributed by atoms with Crippen molar-refractivity contribution in [1.29, 1.82) is 0 Å². The van der Waals surface area contributed by atoms with Crippen molar-refractivity contribution in [2.24, 2.45) is 5.92 Å². The lowest BCUT2D eigenvalue weighted by Gasteiger charge is -2.49. The topological polar surface area (TPSA) is 71.6 Å². The van der Waals surface area contributed by atoms with Crippen LogP contribution in [0.5, 0.6) is 0 Å². The molecule has 3 N–H and O–H groups in total. The molecular weight excluding hydrogens is 294 g/mol.